The molecule has 0 saturated carbocycles. The maximum Gasteiger partial charge on any atom is 0.226 e. The first kappa shape index (κ1) is 17.9. The van der Waals surface area contributed by atoms with Gasteiger partial charge in [-0.3, -0.25) is 4.79 Å². The van der Waals surface area contributed by atoms with Gasteiger partial charge in [-0.05, 0) is 24.7 Å². The standard InChI is InChI=1S/C14H19ClN2O3.ClH/c1-16-3-4-17(2)13(18)9-10-7-11(15)14-12(8-10)19-5-6-20-14;/h7-8,16H,3-6,9H2,1-2H3;1H. The number of fused-ring (bicyclic) bond motifs is 1. The zero-order valence-corrected chi connectivity index (χ0v) is 13.7. The lowest BCUT2D eigenvalue weighted by atomic mass is 10.1. The Morgan fingerprint density at radius 3 is 2.81 bits per heavy atom. The summed E-state index contributed by atoms with van der Waals surface area (Å²) >= 11 is 6.15. The highest BCUT2D eigenvalue weighted by Gasteiger charge is 2.18. The quantitative estimate of drug-likeness (QED) is 0.891. The topological polar surface area (TPSA) is 50.8 Å². The highest BCUT2D eigenvalue weighted by molar-refractivity contribution is 6.32. The molecule has 7 heteroatoms. The van der Waals surface area contributed by atoms with Crippen molar-refractivity contribution in [3.63, 3.8) is 0 Å². The molecule has 0 atom stereocenters. The van der Waals surface area contributed by atoms with Gasteiger partial charge in [-0.15, -0.1) is 12.4 Å². The second-order valence-corrected chi connectivity index (χ2v) is 5.10. The molecule has 2 rings (SSSR count). The number of hydrogen-bond donors (Lipinski definition) is 1. The number of ether oxygens (including phenoxy) is 2. The van der Waals surface area contributed by atoms with E-state index in [9.17, 15) is 4.79 Å². The predicted molar refractivity (Wildman–Crippen MR) is 85.0 cm³/mol. The van der Waals surface area contributed by atoms with E-state index in [0.29, 0.717) is 42.7 Å². The number of carbonyl (C=O) groups excluding carboxylic acids is 1. The van der Waals surface area contributed by atoms with Crippen LogP contribution in [0, 0.1) is 0 Å². The minimum absolute atomic E-state index is 0. The summed E-state index contributed by atoms with van der Waals surface area (Å²) < 4.78 is 11.0. The molecule has 1 aromatic rings. The summed E-state index contributed by atoms with van der Waals surface area (Å²) in [4.78, 5) is 13.8. The molecular formula is C14H20Cl2N2O3. The first-order valence-corrected chi connectivity index (χ1v) is 6.96. The van der Waals surface area contributed by atoms with Crippen molar-refractivity contribution in [2.75, 3.05) is 40.4 Å². The lowest BCUT2D eigenvalue weighted by Gasteiger charge is -2.21. The molecule has 118 valence electrons. The van der Waals surface area contributed by atoms with Gasteiger partial charge in [0.25, 0.3) is 0 Å². The van der Waals surface area contributed by atoms with Gasteiger partial charge < -0.3 is 19.7 Å². The summed E-state index contributed by atoms with van der Waals surface area (Å²) in [5.41, 5.74) is 0.834. The molecule has 1 aliphatic rings. The summed E-state index contributed by atoms with van der Waals surface area (Å²) in [5.74, 6) is 1.23. The first-order valence-electron chi connectivity index (χ1n) is 6.58. The highest BCUT2D eigenvalue weighted by Crippen LogP contribution is 2.38. The van der Waals surface area contributed by atoms with Crippen LogP contribution < -0.4 is 14.8 Å². The molecule has 0 fully saturated rings. The van der Waals surface area contributed by atoms with Crippen molar-refractivity contribution in [1.82, 2.24) is 10.2 Å². The molecular weight excluding hydrogens is 315 g/mol. The second kappa shape index (κ2) is 8.32. The van der Waals surface area contributed by atoms with E-state index in [1.165, 1.54) is 0 Å². The summed E-state index contributed by atoms with van der Waals surface area (Å²) in [7, 11) is 3.65. The van der Waals surface area contributed by atoms with E-state index >= 15 is 0 Å². The Hall–Kier alpha value is -1.17. The molecule has 0 saturated heterocycles. The van der Waals surface area contributed by atoms with E-state index in [4.69, 9.17) is 21.1 Å². The van der Waals surface area contributed by atoms with Crippen molar-refractivity contribution < 1.29 is 14.3 Å². The smallest absolute Gasteiger partial charge is 0.226 e. The van der Waals surface area contributed by atoms with Crippen molar-refractivity contribution in [1.29, 1.82) is 0 Å². The van der Waals surface area contributed by atoms with E-state index in [2.05, 4.69) is 5.32 Å². The van der Waals surface area contributed by atoms with Gasteiger partial charge >= 0.3 is 0 Å². The minimum atomic E-state index is 0. The van der Waals surface area contributed by atoms with E-state index in [-0.39, 0.29) is 18.3 Å². The minimum Gasteiger partial charge on any atom is -0.486 e. The van der Waals surface area contributed by atoms with Crippen LogP contribution >= 0.6 is 24.0 Å². The van der Waals surface area contributed by atoms with Gasteiger partial charge in [0.1, 0.15) is 13.2 Å². The van der Waals surface area contributed by atoms with E-state index < -0.39 is 0 Å². The molecule has 0 aromatic heterocycles. The van der Waals surface area contributed by atoms with Crippen molar-refractivity contribution in [3.05, 3.63) is 22.7 Å². The zero-order valence-electron chi connectivity index (χ0n) is 12.1. The number of carbonyl (C=O) groups is 1. The highest BCUT2D eigenvalue weighted by atomic mass is 35.5. The SMILES string of the molecule is CNCCN(C)C(=O)Cc1cc(Cl)c2c(c1)OCCO2.Cl. The van der Waals surface area contributed by atoms with Gasteiger partial charge in [-0.2, -0.15) is 0 Å². The van der Waals surface area contributed by atoms with Crippen LogP contribution in [0.25, 0.3) is 0 Å². The fourth-order valence-electron chi connectivity index (χ4n) is 1.98. The van der Waals surface area contributed by atoms with E-state index in [1.54, 1.807) is 18.0 Å². The Morgan fingerprint density at radius 2 is 2.10 bits per heavy atom. The normalized spacial score (nSPS) is 12.5. The fourth-order valence-corrected chi connectivity index (χ4v) is 2.27. The molecule has 1 heterocycles. The Balaban J connectivity index is 0.00000220. The second-order valence-electron chi connectivity index (χ2n) is 4.70. The van der Waals surface area contributed by atoms with Crippen LogP contribution in [-0.2, 0) is 11.2 Å². The van der Waals surface area contributed by atoms with Crippen LogP contribution in [0.15, 0.2) is 12.1 Å². The lowest BCUT2D eigenvalue weighted by Crippen LogP contribution is -2.33. The van der Waals surface area contributed by atoms with Gasteiger partial charge in [-0.1, -0.05) is 11.6 Å². The Kier molecular flexibility index (Phi) is 7.08. The average Bonchev–Trinajstić information content (AvgIpc) is 2.44. The Labute approximate surface area is 135 Å². The molecule has 1 amide bonds. The molecule has 0 unspecified atom stereocenters. The van der Waals surface area contributed by atoms with Gasteiger partial charge in [0.15, 0.2) is 11.5 Å². The van der Waals surface area contributed by atoms with Crippen molar-refractivity contribution in [2.24, 2.45) is 0 Å². The van der Waals surface area contributed by atoms with Crippen LogP contribution in [0.2, 0.25) is 5.02 Å². The van der Waals surface area contributed by atoms with Crippen LogP contribution in [0.4, 0.5) is 0 Å². The average molecular weight is 335 g/mol. The summed E-state index contributed by atoms with van der Waals surface area (Å²) in [6.45, 7) is 2.44. The molecule has 1 N–H and O–H groups in total. The monoisotopic (exact) mass is 334 g/mol. The molecule has 0 spiro atoms. The van der Waals surface area contributed by atoms with Gasteiger partial charge in [-0.25, -0.2) is 0 Å². The third-order valence-electron chi connectivity index (χ3n) is 3.13. The summed E-state index contributed by atoms with van der Waals surface area (Å²) in [5, 5.41) is 3.50. The van der Waals surface area contributed by atoms with Gasteiger partial charge in [0.2, 0.25) is 5.91 Å². The molecule has 5 nitrogen and oxygen atoms in total. The van der Waals surface area contributed by atoms with Gasteiger partial charge in [0.05, 0.1) is 11.4 Å². The number of hydrogen-bond acceptors (Lipinski definition) is 4. The first-order chi connectivity index (χ1) is 9.61. The van der Waals surface area contributed by atoms with Crippen LogP contribution in [0.5, 0.6) is 11.5 Å². The zero-order chi connectivity index (χ0) is 14.5. The number of halogens is 2. The molecule has 0 bridgehead atoms. The summed E-state index contributed by atoms with van der Waals surface area (Å²) in [6, 6.07) is 3.59. The number of nitrogens with zero attached hydrogens (tertiary/aromatic N) is 1. The number of likely N-dealkylation sites (N-methyl/N-ethyl adjacent to an activating group) is 2. The maximum atomic E-state index is 12.1. The largest absolute Gasteiger partial charge is 0.486 e. The van der Waals surface area contributed by atoms with Crippen LogP contribution in [0.3, 0.4) is 0 Å². The maximum absolute atomic E-state index is 12.1. The van der Waals surface area contributed by atoms with E-state index in [0.717, 1.165) is 12.1 Å². The molecule has 0 radical (unpaired) electrons. The van der Waals surface area contributed by atoms with Crippen molar-refractivity contribution >= 4 is 29.9 Å². The third-order valence-corrected chi connectivity index (χ3v) is 3.42. The van der Waals surface area contributed by atoms with Gasteiger partial charge in [0, 0.05) is 20.1 Å². The summed E-state index contributed by atoms with van der Waals surface area (Å²) in [6.07, 6.45) is 0.302. The molecule has 1 aromatic carbocycles. The van der Waals surface area contributed by atoms with Crippen LogP contribution in [0.1, 0.15) is 5.56 Å². The number of rotatable bonds is 5. The number of nitrogens with one attached hydrogen (secondary N) is 1. The van der Waals surface area contributed by atoms with Crippen LogP contribution in [-0.4, -0.2) is 51.2 Å². The molecule has 1 aliphatic heterocycles. The van der Waals surface area contributed by atoms with E-state index in [1.807, 2.05) is 13.1 Å². The number of amides is 1. The molecule has 0 aliphatic carbocycles. The fraction of sp³-hybridized carbons (Fsp3) is 0.500. The predicted octanol–water partition coefficient (Wildman–Crippen LogP) is 1.75. The lowest BCUT2D eigenvalue weighted by molar-refractivity contribution is -0.129. The third kappa shape index (κ3) is 4.66. The Bertz CT molecular complexity index is 497. The Morgan fingerprint density at radius 1 is 1.38 bits per heavy atom. The molecule has 21 heavy (non-hydrogen) atoms. The number of benzene rings is 1. The van der Waals surface area contributed by atoms with Crippen molar-refractivity contribution in [2.45, 2.75) is 6.42 Å². The van der Waals surface area contributed by atoms with Crippen molar-refractivity contribution in [3.8, 4) is 11.5 Å².